The lowest BCUT2D eigenvalue weighted by molar-refractivity contribution is -0.117. The van der Waals surface area contributed by atoms with E-state index in [2.05, 4.69) is 10.0 Å². The van der Waals surface area contributed by atoms with Crippen molar-refractivity contribution in [2.45, 2.75) is 45.8 Å². The Balaban J connectivity index is 1.69. The summed E-state index contributed by atoms with van der Waals surface area (Å²) in [6, 6.07) is 5.94. The van der Waals surface area contributed by atoms with Crippen LogP contribution in [0.4, 0.5) is 10.5 Å². The first-order valence-corrected chi connectivity index (χ1v) is 9.18. The van der Waals surface area contributed by atoms with Gasteiger partial charge in [-0.05, 0) is 61.9 Å². The third kappa shape index (κ3) is 4.52. The lowest BCUT2D eigenvalue weighted by Gasteiger charge is -2.31. The molecule has 2 amide bonds. The fourth-order valence-corrected chi connectivity index (χ4v) is 3.49. The van der Waals surface area contributed by atoms with Crippen LogP contribution in [0.5, 0.6) is 0 Å². The van der Waals surface area contributed by atoms with Crippen molar-refractivity contribution in [3.05, 3.63) is 39.8 Å². The van der Waals surface area contributed by atoms with Crippen LogP contribution in [-0.2, 0) is 22.5 Å². The van der Waals surface area contributed by atoms with Crippen LogP contribution in [-0.4, -0.2) is 42.1 Å². The predicted octanol–water partition coefficient (Wildman–Crippen LogP) is 3.64. The summed E-state index contributed by atoms with van der Waals surface area (Å²) in [7, 11) is 0. The van der Waals surface area contributed by atoms with Crippen molar-refractivity contribution in [2.75, 3.05) is 24.5 Å². The maximum atomic E-state index is 12.3. The van der Waals surface area contributed by atoms with Crippen molar-refractivity contribution in [2.24, 2.45) is 11.0 Å². The molecule has 0 spiro atoms. The number of anilines is 1. The van der Waals surface area contributed by atoms with E-state index in [0.29, 0.717) is 32.6 Å². The van der Waals surface area contributed by atoms with E-state index >= 15 is 0 Å². The van der Waals surface area contributed by atoms with Crippen LogP contribution >= 0.6 is 0 Å². The summed E-state index contributed by atoms with van der Waals surface area (Å²) in [5, 5.41) is 3.59. The van der Waals surface area contributed by atoms with E-state index in [1.807, 2.05) is 39.0 Å². The molecule has 1 aromatic rings. The molecule has 1 saturated heterocycles. The topological polar surface area (TPSA) is 98.6 Å². The second kappa shape index (κ2) is 7.48. The number of nitrogens with zero attached hydrogens (tertiary/aromatic N) is 5. The molecule has 0 saturated carbocycles. The van der Waals surface area contributed by atoms with Crippen molar-refractivity contribution < 1.29 is 14.3 Å². The smallest absolute Gasteiger partial charge is 0.410 e. The fourth-order valence-electron chi connectivity index (χ4n) is 3.49. The Morgan fingerprint density at radius 1 is 1.37 bits per heavy atom. The number of ether oxygens (including phenoxy) is 1. The normalized spacial score (nSPS) is 19.5. The van der Waals surface area contributed by atoms with E-state index in [0.717, 1.165) is 23.2 Å². The van der Waals surface area contributed by atoms with Gasteiger partial charge in [-0.2, -0.15) is 0 Å². The molecule has 3 rings (SSSR count). The second-order valence-electron chi connectivity index (χ2n) is 8.09. The standard InChI is InChI=1S/C19H25N5O3/c1-19(2,3)27-18(26)23-7-6-14-9-16(5-4-15(14)12-23)24-11-13(8-17(24)25)10-21-22-20/h4-5,9,13H,6-8,10-12H2,1-3H3. The van der Waals surface area contributed by atoms with Crippen molar-refractivity contribution in [1.29, 1.82) is 0 Å². The summed E-state index contributed by atoms with van der Waals surface area (Å²) >= 11 is 0. The molecule has 1 unspecified atom stereocenters. The van der Waals surface area contributed by atoms with E-state index in [4.69, 9.17) is 10.3 Å². The Morgan fingerprint density at radius 2 is 2.15 bits per heavy atom. The van der Waals surface area contributed by atoms with Crippen molar-refractivity contribution in [1.82, 2.24) is 4.90 Å². The third-order valence-electron chi connectivity index (χ3n) is 4.77. The zero-order chi connectivity index (χ0) is 19.6. The molecular weight excluding hydrogens is 346 g/mol. The predicted molar refractivity (Wildman–Crippen MR) is 101 cm³/mol. The van der Waals surface area contributed by atoms with Crippen LogP contribution in [0.15, 0.2) is 23.3 Å². The number of hydrogen-bond donors (Lipinski definition) is 0. The van der Waals surface area contributed by atoms with Crippen LogP contribution in [0, 0.1) is 5.92 Å². The van der Waals surface area contributed by atoms with Gasteiger partial charge in [0, 0.05) is 43.2 Å². The number of amides is 2. The molecule has 1 fully saturated rings. The van der Waals surface area contributed by atoms with Gasteiger partial charge < -0.3 is 14.5 Å². The maximum Gasteiger partial charge on any atom is 0.410 e. The molecule has 0 radical (unpaired) electrons. The number of rotatable bonds is 3. The molecule has 27 heavy (non-hydrogen) atoms. The first-order valence-electron chi connectivity index (χ1n) is 9.18. The summed E-state index contributed by atoms with van der Waals surface area (Å²) in [5.41, 5.74) is 11.0. The van der Waals surface area contributed by atoms with Gasteiger partial charge in [-0.25, -0.2) is 4.79 Å². The molecule has 8 nitrogen and oxygen atoms in total. The summed E-state index contributed by atoms with van der Waals surface area (Å²) in [4.78, 5) is 30.8. The molecule has 0 aromatic heterocycles. The number of carbonyl (C=O) groups is 2. The summed E-state index contributed by atoms with van der Waals surface area (Å²) < 4.78 is 5.46. The summed E-state index contributed by atoms with van der Waals surface area (Å²) in [6.07, 6.45) is 0.836. The Morgan fingerprint density at radius 3 is 2.85 bits per heavy atom. The summed E-state index contributed by atoms with van der Waals surface area (Å²) in [5.74, 6) is 0.117. The third-order valence-corrected chi connectivity index (χ3v) is 4.77. The molecule has 8 heteroatoms. The molecule has 2 heterocycles. The van der Waals surface area contributed by atoms with E-state index < -0.39 is 5.60 Å². The average molecular weight is 371 g/mol. The highest BCUT2D eigenvalue weighted by Gasteiger charge is 2.31. The lowest BCUT2D eigenvalue weighted by atomic mass is 9.99. The molecule has 144 valence electrons. The number of azide groups is 1. The molecule has 0 aliphatic carbocycles. The highest BCUT2D eigenvalue weighted by Crippen LogP contribution is 2.30. The van der Waals surface area contributed by atoms with E-state index in [9.17, 15) is 9.59 Å². The fraction of sp³-hybridized carbons (Fsp3) is 0.579. The number of fused-ring (bicyclic) bond motifs is 1. The SMILES string of the molecule is CC(C)(C)OC(=O)N1CCc2cc(N3CC(CN=[N+]=[N-])CC3=O)ccc2C1. The minimum absolute atomic E-state index is 0.0549. The first kappa shape index (κ1) is 19.0. The number of benzene rings is 1. The van der Waals surface area contributed by atoms with Crippen LogP contribution in [0.2, 0.25) is 0 Å². The van der Waals surface area contributed by atoms with Crippen molar-refractivity contribution in [3.8, 4) is 0 Å². The van der Waals surface area contributed by atoms with E-state index in [1.165, 1.54) is 0 Å². The maximum absolute atomic E-state index is 12.3. The van der Waals surface area contributed by atoms with E-state index in [1.54, 1.807) is 9.80 Å². The largest absolute Gasteiger partial charge is 0.444 e. The van der Waals surface area contributed by atoms with Gasteiger partial charge in [0.05, 0.1) is 0 Å². The summed E-state index contributed by atoms with van der Waals surface area (Å²) in [6.45, 7) is 7.60. The molecule has 2 aliphatic rings. The Bertz CT molecular complexity index is 795. The van der Waals surface area contributed by atoms with Crippen LogP contribution < -0.4 is 4.90 Å². The molecular formula is C19H25N5O3. The first-order chi connectivity index (χ1) is 12.8. The Kier molecular flexibility index (Phi) is 5.28. The molecule has 1 atom stereocenters. The Labute approximate surface area is 158 Å². The minimum atomic E-state index is -0.510. The van der Waals surface area contributed by atoms with Crippen LogP contribution in [0.3, 0.4) is 0 Å². The van der Waals surface area contributed by atoms with Crippen molar-refractivity contribution in [3.63, 3.8) is 0 Å². The monoisotopic (exact) mass is 371 g/mol. The highest BCUT2D eigenvalue weighted by atomic mass is 16.6. The quantitative estimate of drug-likeness (QED) is 0.461. The average Bonchev–Trinajstić information content (AvgIpc) is 2.98. The van der Waals surface area contributed by atoms with Gasteiger partial charge in [-0.15, -0.1) is 0 Å². The number of hydrogen-bond acceptors (Lipinski definition) is 4. The van der Waals surface area contributed by atoms with Gasteiger partial charge in [0.2, 0.25) is 5.91 Å². The van der Waals surface area contributed by atoms with Gasteiger partial charge in [-0.1, -0.05) is 11.2 Å². The molecule has 0 bridgehead atoms. The van der Waals surface area contributed by atoms with Gasteiger partial charge in [0.25, 0.3) is 0 Å². The van der Waals surface area contributed by atoms with Gasteiger partial charge in [-0.3, -0.25) is 4.79 Å². The Hall–Kier alpha value is -2.73. The minimum Gasteiger partial charge on any atom is -0.444 e. The highest BCUT2D eigenvalue weighted by molar-refractivity contribution is 5.95. The van der Waals surface area contributed by atoms with Crippen molar-refractivity contribution >= 4 is 17.7 Å². The van der Waals surface area contributed by atoms with Gasteiger partial charge >= 0.3 is 6.09 Å². The molecule has 1 aromatic carbocycles. The zero-order valence-corrected chi connectivity index (χ0v) is 16.0. The van der Waals surface area contributed by atoms with Gasteiger partial charge in [0.15, 0.2) is 0 Å². The molecule has 0 N–H and O–H groups in total. The second-order valence-corrected chi connectivity index (χ2v) is 8.09. The lowest BCUT2D eigenvalue weighted by Crippen LogP contribution is -2.40. The van der Waals surface area contributed by atoms with Gasteiger partial charge in [0.1, 0.15) is 5.60 Å². The van der Waals surface area contributed by atoms with E-state index in [-0.39, 0.29) is 17.9 Å². The van der Waals surface area contributed by atoms with Crippen LogP contribution in [0.25, 0.3) is 10.4 Å². The number of carbonyl (C=O) groups excluding carboxylic acids is 2. The van der Waals surface area contributed by atoms with Crippen LogP contribution in [0.1, 0.15) is 38.3 Å². The zero-order valence-electron chi connectivity index (χ0n) is 16.0. The molecule has 2 aliphatic heterocycles.